The summed E-state index contributed by atoms with van der Waals surface area (Å²) in [5.41, 5.74) is 6.88. The Kier molecular flexibility index (Phi) is 3.19. The maximum atomic E-state index is 4.79. The lowest BCUT2D eigenvalue weighted by Crippen LogP contribution is -2.30. The maximum absolute atomic E-state index is 4.79. The highest BCUT2D eigenvalue weighted by atomic mass is 15.2. The van der Waals surface area contributed by atoms with Gasteiger partial charge in [0.25, 0.3) is 0 Å². The Morgan fingerprint density at radius 3 is 2.50 bits per heavy atom. The van der Waals surface area contributed by atoms with Gasteiger partial charge in [0.05, 0.1) is 11.0 Å². The largest absolute Gasteiger partial charge is 0.308 e. The zero-order valence-corrected chi connectivity index (χ0v) is 14.8. The first-order valence-corrected chi connectivity index (χ1v) is 8.70. The second-order valence-electron chi connectivity index (χ2n) is 6.62. The van der Waals surface area contributed by atoms with E-state index >= 15 is 0 Å². The first kappa shape index (κ1) is 14.9. The van der Waals surface area contributed by atoms with Crippen LogP contribution in [0.25, 0.3) is 39.3 Å². The van der Waals surface area contributed by atoms with Crippen LogP contribution in [-0.4, -0.2) is 14.0 Å². The van der Waals surface area contributed by atoms with Gasteiger partial charge in [-0.1, -0.05) is 42.5 Å². The van der Waals surface area contributed by atoms with Gasteiger partial charge in [-0.05, 0) is 23.3 Å². The molecule has 0 bridgehead atoms. The van der Waals surface area contributed by atoms with Crippen LogP contribution < -0.4 is 4.57 Å². The van der Waals surface area contributed by atoms with Crippen molar-refractivity contribution in [2.75, 3.05) is 0 Å². The summed E-state index contributed by atoms with van der Waals surface area (Å²) >= 11 is 0. The second kappa shape index (κ2) is 5.56. The van der Waals surface area contributed by atoms with Crippen LogP contribution in [-0.2, 0) is 14.1 Å². The van der Waals surface area contributed by atoms with Crippen LogP contribution in [0.3, 0.4) is 0 Å². The van der Waals surface area contributed by atoms with E-state index in [2.05, 4.69) is 94.6 Å². The van der Waals surface area contributed by atoms with Gasteiger partial charge >= 0.3 is 0 Å². The van der Waals surface area contributed by atoms with Crippen LogP contribution >= 0.6 is 0 Å². The Morgan fingerprint density at radius 1 is 0.885 bits per heavy atom. The van der Waals surface area contributed by atoms with E-state index in [1.807, 2.05) is 12.1 Å². The summed E-state index contributed by atoms with van der Waals surface area (Å²) in [7, 11) is 4.16. The van der Waals surface area contributed by atoms with E-state index < -0.39 is 0 Å². The molecule has 0 aliphatic carbocycles. The summed E-state index contributed by atoms with van der Waals surface area (Å²) in [6.45, 7) is 0. The number of aromatic nitrogens is 4. The fourth-order valence-corrected chi connectivity index (χ4v) is 3.58. The molecule has 0 spiro atoms. The van der Waals surface area contributed by atoms with Gasteiger partial charge in [-0.3, -0.25) is 4.40 Å². The lowest BCUT2D eigenvalue weighted by atomic mass is 10.1. The van der Waals surface area contributed by atoms with Crippen LogP contribution in [0.2, 0.25) is 0 Å². The number of fused-ring (bicyclic) bond motifs is 3. The van der Waals surface area contributed by atoms with Gasteiger partial charge in [0.1, 0.15) is 12.7 Å². The van der Waals surface area contributed by atoms with E-state index in [1.54, 1.807) is 0 Å². The zero-order valence-electron chi connectivity index (χ0n) is 14.8. The number of nitrogens with zero attached hydrogens (tertiary/aromatic N) is 4. The zero-order chi connectivity index (χ0) is 17.7. The van der Waals surface area contributed by atoms with Crippen molar-refractivity contribution in [3.63, 3.8) is 0 Å². The molecule has 0 unspecified atom stereocenters. The van der Waals surface area contributed by atoms with Gasteiger partial charge in [0.15, 0.2) is 6.20 Å². The number of benzene rings is 2. The summed E-state index contributed by atoms with van der Waals surface area (Å²) < 4.78 is 6.48. The Balaban J connectivity index is 1.74. The molecule has 0 amide bonds. The summed E-state index contributed by atoms with van der Waals surface area (Å²) in [6.07, 6.45) is 4.29. The van der Waals surface area contributed by atoms with Crippen molar-refractivity contribution in [2.45, 2.75) is 0 Å². The molecular weight excluding hydrogens is 320 g/mol. The van der Waals surface area contributed by atoms with Crippen molar-refractivity contribution in [3.05, 3.63) is 79.1 Å². The Bertz CT molecular complexity index is 1250. The Hall–Kier alpha value is -3.40. The fourth-order valence-electron chi connectivity index (χ4n) is 3.58. The molecule has 3 aromatic heterocycles. The van der Waals surface area contributed by atoms with E-state index in [1.165, 1.54) is 11.1 Å². The lowest BCUT2D eigenvalue weighted by Gasteiger charge is -2.05. The molecule has 4 heteroatoms. The monoisotopic (exact) mass is 339 g/mol. The molecule has 0 radical (unpaired) electrons. The van der Waals surface area contributed by atoms with Crippen LogP contribution in [0.1, 0.15) is 0 Å². The summed E-state index contributed by atoms with van der Waals surface area (Å²) in [6, 6.07) is 23.1. The van der Waals surface area contributed by atoms with Crippen molar-refractivity contribution in [2.24, 2.45) is 14.1 Å². The normalized spacial score (nSPS) is 11.5. The molecule has 2 aromatic carbocycles. The van der Waals surface area contributed by atoms with Gasteiger partial charge in [-0.25, -0.2) is 4.98 Å². The van der Waals surface area contributed by atoms with Gasteiger partial charge in [0, 0.05) is 25.4 Å². The van der Waals surface area contributed by atoms with Gasteiger partial charge in [-0.2, -0.15) is 4.57 Å². The van der Waals surface area contributed by atoms with E-state index in [0.717, 1.165) is 28.2 Å². The van der Waals surface area contributed by atoms with Crippen LogP contribution in [0.15, 0.2) is 79.1 Å². The number of imidazole rings is 2. The fraction of sp³-hybridized carbons (Fsp3) is 0.0909. The quantitative estimate of drug-likeness (QED) is 0.447. The van der Waals surface area contributed by atoms with Crippen molar-refractivity contribution in [1.29, 1.82) is 0 Å². The number of hydrogen-bond acceptors (Lipinski definition) is 1. The number of rotatable bonds is 2. The van der Waals surface area contributed by atoms with Crippen LogP contribution in [0.5, 0.6) is 0 Å². The number of hydrogen-bond donors (Lipinski definition) is 0. The van der Waals surface area contributed by atoms with E-state index in [-0.39, 0.29) is 0 Å². The van der Waals surface area contributed by atoms with Crippen molar-refractivity contribution >= 4 is 16.8 Å². The van der Waals surface area contributed by atoms with Crippen LogP contribution in [0, 0.1) is 0 Å². The SMILES string of the molecule is Cn1c(-c2cc(-c3ccccc3)cc[n+]2C)cn2c3ccccc3nc12. The number of para-hydroxylation sites is 2. The lowest BCUT2D eigenvalue weighted by molar-refractivity contribution is -0.660. The van der Waals surface area contributed by atoms with Crippen molar-refractivity contribution < 1.29 is 4.57 Å². The molecule has 5 aromatic rings. The van der Waals surface area contributed by atoms with Crippen LogP contribution in [0.4, 0.5) is 0 Å². The molecule has 0 aliphatic rings. The molecule has 0 aliphatic heterocycles. The Labute approximate surface area is 151 Å². The topological polar surface area (TPSA) is 26.1 Å². The second-order valence-corrected chi connectivity index (χ2v) is 6.62. The van der Waals surface area contributed by atoms with E-state index in [0.29, 0.717) is 0 Å². The summed E-state index contributed by atoms with van der Waals surface area (Å²) in [5, 5.41) is 0. The molecule has 126 valence electrons. The first-order valence-electron chi connectivity index (χ1n) is 8.70. The van der Waals surface area contributed by atoms with Gasteiger partial charge in [-0.15, -0.1) is 0 Å². The Morgan fingerprint density at radius 2 is 1.65 bits per heavy atom. The molecular formula is C22H19N4+. The summed E-state index contributed by atoms with van der Waals surface area (Å²) in [4.78, 5) is 4.79. The third kappa shape index (κ3) is 2.15. The minimum Gasteiger partial charge on any atom is -0.308 e. The minimum absolute atomic E-state index is 0.950. The van der Waals surface area contributed by atoms with E-state index in [4.69, 9.17) is 4.98 Å². The molecule has 0 saturated heterocycles. The van der Waals surface area contributed by atoms with Crippen molar-refractivity contribution in [1.82, 2.24) is 14.0 Å². The maximum Gasteiger partial charge on any atom is 0.231 e. The smallest absolute Gasteiger partial charge is 0.231 e. The molecule has 26 heavy (non-hydrogen) atoms. The highest BCUT2D eigenvalue weighted by Crippen LogP contribution is 2.26. The third-order valence-electron chi connectivity index (χ3n) is 5.01. The minimum atomic E-state index is 0.950. The highest BCUT2D eigenvalue weighted by Gasteiger charge is 2.19. The average molecular weight is 339 g/mol. The molecule has 0 fully saturated rings. The first-order chi connectivity index (χ1) is 12.7. The van der Waals surface area contributed by atoms with E-state index in [9.17, 15) is 0 Å². The highest BCUT2D eigenvalue weighted by molar-refractivity contribution is 5.81. The molecule has 0 atom stereocenters. The number of pyridine rings is 1. The molecule has 0 N–H and O–H groups in total. The predicted molar refractivity (Wildman–Crippen MR) is 104 cm³/mol. The molecule has 5 rings (SSSR count). The average Bonchev–Trinajstić information content (AvgIpc) is 3.20. The van der Waals surface area contributed by atoms with Gasteiger partial charge < -0.3 is 4.57 Å². The molecule has 0 saturated carbocycles. The van der Waals surface area contributed by atoms with Gasteiger partial charge in [0.2, 0.25) is 11.5 Å². The standard InChI is InChI=1S/C22H19N4/c1-24-13-12-17(16-8-4-3-5-9-16)14-20(24)21-15-26-19-11-7-6-10-18(19)23-22(26)25(21)2/h3-15H,1-2H3/q+1. The third-order valence-corrected chi connectivity index (χ3v) is 5.01. The molecule has 4 nitrogen and oxygen atoms in total. The number of aryl methyl sites for hydroxylation is 2. The predicted octanol–water partition coefficient (Wildman–Crippen LogP) is 3.98. The van der Waals surface area contributed by atoms with Crippen molar-refractivity contribution in [3.8, 4) is 22.5 Å². The molecule has 3 heterocycles. The summed E-state index contributed by atoms with van der Waals surface area (Å²) in [5.74, 6) is 0.950.